The van der Waals surface area contributed by atoms with Gasteiger partial charge in [0.25, 0.3) is 6.43 Å². The summed E-state index contributed by atoms with van der Waals surface area (Å²) in [4.78, 5) is 18.9. The van der Waals surface area contributed by atoms with Gasteiger partial charge in [0, 0.05) is 18.0 Å². The number of amides is 1. The molecule has 1 fully saturated rings. The van der Waals surface area contributed by atoms with Crippen LogP contribution in [-0.2, 0) is 17.8 Å². The third kappa shape index (κ3) is 4.38. The minimum absolute atomic E-state index is 0.236. The number of hydrogen-bond acceptors (Lipinski definition) is 4. The maximum atomic E-state index is 13.2. The number of rotatable bonds is 6. The molecule has 0 spiro atoms. The van der Waals surface area contributed by atoms with Crippen molar-refractivity contribution in [3.8, 4) is 0 Å². The van der Waals surface area contributed by atoms with Gasteiger partial charge in [0.05, 0.1) is 11.9 Å². The smallest absolute Gasteiger partial charge is 0.280 e. The Labute approximate surface area is 177 Å². The molecule has 1 saturated heterocycles. The number of alkyl halides is 2. The van der Waals surface area contributed by atoms with Gasteiger partial charge in [0.15, 0.2) is 0 Å². The maximum absolute atomic E-state index is 13.2. The van der Waals surface area contributed by atoms with Crippen LogP contribution in [0, 0.1) is 6.92 Å². The fraction of sp³-hybridized carbons (Fsp3) is 0.381. The molecule has 4 rings (SSSR count). The number of nitrogens with zero attached hydrogens (tertiary/aromatic N) is 4. The van der Waals surface area contributed by atoms with E-state index in [0.29, 0.717) is 41.8 Å². The molecule has 1 amide bonds. The first-order chi connectivity index (χ1) is 14.4. The van der Waals surface area contributed by atoms with Gasteiger partial charge in [-0.15, -0.1) is 0 Å². The van der Waals surface area contributed by atoms with Crippen LogP contribution in [-0.4, -0.2) is 32.1 Å². The van der Waals surface area contributed by atoms with E-state index in [9.17, 15) is 13.6 Å². The van der Waals surface area contributed by atoms with Gasteiger partial charge in [-0.3, -0.25) is 9.48 Å². The van der Waals surface area contributed by atoms with Gasteiger partial charge >= 0.3 is 0 Å². The summed E-state index contributed by atoms with van der Waals surface area (Å²) >= 11 is 6.03. The zero-order valence-corrected chi connectivity index (χ0v) is 17.1. The summed E-state index contributed by atoms with van der Waals surface area (Å²) in [5.74, 6) is 0.856. The number of benzene rings is 1. The van der Waals surface area contributed by atoms with Gasteiger partial charge in [-0.2, -0.15) is 5.10 Å². The Morgan fingerprint density at radius 1 is 1.37 bits per heavy atom. The fourth-order valence-corrected chi connectivity index (χ4v) is 4.03. The molecule has 1 aliphatic rings. The number of hydrogen-bond donors (Lipinski definition) is 0. The van der Waals surface area contributed by atoms with Crippen LogP contribution in [0.5, 0.6) is 0 Å². The Morgan fingerprint density at radius 3 is 2.97 bits per heavy atom. The highest BCUT2D eigenvalue weighted by Crippen LogP contribution is 2.32. The molecule has 6 nitrogen and oxygen atoms in total. The van der Waals surface area contributed by atoms with Gasteiger partial charge in [-0.05, 0) is 43.5 Å². The van der Waals surface area contributed by atoms with Gasteiger partial charge in [0.1, 0.15) is 24.0 Å². The van der Waals surface area contributed by atoms with Crippen molar-refractivity contribution in [2.45, 2.75) is 45.2 Å². The van der Waals surface area contributed by atoms with Crippen molar-refractivity contribution >= 4 is 17.5 Å². The zero-order valence-electron chi connectivity index (χ0n) is 16.4. The minimum Gasteiger partial charge on any atom is -0.443 e. The van der Waals surface area contributed by atoms with E-state index in [4.69, 9.17) is 16.0 Å². The van der Waals surface area contributed by atoms with E-state index >= 15 is 0 Å². The van der Waals surface area contributed by atoms with Crippen LogP contribution in [0.3, 0.4) is 0 Å². The molecule has 0 N–H and O–H groups in total. The highest BCUT2D eigenvalue weighted by atomic mass is 35.5. The van der Waals surface area contributed by atoms with Gasteiger partial charge in [-0.25, -0.2) is 13.8 Å². The summed E-state index contributed by atoms with van der Waals surface area (Å²) < 4.78 is 33.4. The van der Waals surface area contributed by atoms with Crippen LogP contribution in [0.2, 0.25) is 5.02 Å². The van der Waals surface area contributed by atoms with Gasteiger partial charge in [0.2, 0.25) is 11.8 Å². The lowest BCUT2D eigenvalue weighted by atomic mass is 10.1. The minimum atomic E-state index is -2.69. The molecule has 3 heterocycles. The van der Waals surface area contributed by atoms with Crippen LogP contribution < -0.4 is 0 Å². The standard InChI is InChI=1S/C21H21ClF2N4O2/c1-13-8-18(20(23)24)28(26-13)12-19(29)27-7-3-6-17(27)21-25-11-16(30-21)10-14-4-2-5-15(22)9-14/h2,4-5,8-9,11,17,20H,3,6-7,10,12H2,1H3. The second-order valence-electron chi connectivity index (χ2n) is 7.39. The molecule has 0 radical (unpaired) electrons. The lowest BCUT2D eigenvalue weighted by Crippen LogP contribution is -2.34. The number of halogens is 3. The molecule has 158 valence electrons. The number of oxazole rings is 1. The van der Waals surface area contributed by atoms with Crippen LogP contribution in [0.25, 0.3) is 0 Å². The Kier molecular flexibility index (Phi) is 5.85. The van der Waals surface area contributed by atoms with Crippen molar-refractivity contribution in [1.29, 1.82) is 0 Å². The summed E-state index contributed by atoms with van der Waals surface area (Å²) in [6, 6.07) is 8.48. The van der Waals surface area contributed by atoms with E-state index < -0.39 is 6.43 Å². The van der Waals surface area contributed by atoms with Crippen molar-refractivity contribution in [1.82, 2.24) is 19.7 Å². The monoisotopic (exact) mass is 434 g/mol. The third-order valence-corrected chi connectivity index (χ3v) is 5.37. The lowest BCUT2D eigenvalue weighted by molar-refractivity contribution is -0.133. The van der Waals surface area contributed by atoms with E-state index in [-0.39, 0.29) is 24.2 Å². The predicted octanol–water partition coefficient (Wildman–Crippen LogP) is 4.73. The summed E-state index contributed by atoms with van der Waals surface area (Å²) in [5, 5.41) is 4.69. The van der Waals surface area contributed by atoms with Crippen LogP contribution in [0.15, 0.2) is 40.9 Å². The van der Waals surface area contributed by atoms with Crippen LogP contribution in [0.4, 0.5) is 8.78 Å². The Morgan fingerprint density at radius 2 is 2.20 bits per heavy atom. The molecule has 3 aromatic rings. The topological polar surface area (TPSA) is 64.2 Å². The average Bonchev–Trinajstić information content (AvgIpc) is 3.41. The molecule has 1 atom stereocenters. The molecule has 1 aromatic carbocycles. The molecule has 0 aliphatic carbocycles. The van der Waals surface area contributed by atoms with E-state index in [1.807, 2.05) is 18.2 Å². The Balaban J connectivity index is 1.47. The number of likely N-dealkylation sites (tertiary alicyclic amines) is 1. The number of carbonyl (C=O) groups excluding carboxylic acids is 1. The van der Waals surface area contributed by atoms with E-state index in [0.717, 1.165) is 16.7 Å². The second kappa shape index (κ2) is 8.55. The first-order valence-electron chi connectivity index (χ1n) is 9.71. The quantitative estimate of drug-likeness (QED) is 0.563. The highest BCUT2D eigenvalue weighted by molar-refractivity contribution is 6.30. The summed E-state index contributed by atoms with van der Waals surface area (Å²) in [6.07, 6.45) is 1.01. The molecule has 0 bridgehead atoms. The molecule has 0 saturated carbocycles. The average molecular weight is 435 g/mol. The van der Waals surface area contributed by atoms with Crippen molar-refractivity contribution in [2.75, 3.05) is 6.54 Å². The zero-order chi connectivity index (χ0) is 21.3. The van der Waals surface area contributed by atoms with E-state index in [1.165, 1.54) is 6.07 Å². The van der Waals surface area contributed by atoms with Crippen LogP contribution >= 0.6 is 11.6 Å². The van der Waals surface area contributed by atoms with Crippen molar-refractivity contribution < 1.29 is 18.0 Å². The lowest BCUT2D eigenvalue weighted by Gasteiger charge is -2.22. The molecule has 30 heavy (non-hydrogen) atoms. The van der Waals surface area contributed by atoms with Gasteiger partial charge in [-0.1, -0.05) is 23.7 Å². The molecule has 9 heteroatoms. The van der Waals surface area contributed by atoms with Crippen molar-refractivity contribution in [3.05, 3.63) is 70.2 Å². The molecular formula is C21H21ClF2N4O2. The normalized spacial score (nSPS) is 16.6. The molecule has 1 unspecified atom stereocenters. The van der Waals surface area contributed by atoms with Gasteiger partial charge < -0.3 is 9.32 Å². The molecule has 1 aliphatic heterocycles. The first kappa shape index (κ1) is 20.5. The largest absolute Gasteiger partial charge is 0.443 e. The summed E-state index contributed by atoms with van der Waals surface area (Å²) in [7, 11) is 0. The number of aromatic nitrogens is 3. The van der Waals surface area contributed by atoms with Crippen molar-refractivity contribution in [2.24, 2.45) is 0 Å². The summed E-state index contributed by atoms with van der Waals surface area (Å²) in [5.41, 5.74) is 1.20. The molecular weight excluding hydrogens is 414 g/mol. The number of aryl methyl sites for hydroxylation is 1. The Bertz CT molecular complexity index is 1050. The number of carbonyl (C=O) groups is 1. The second-order valence-corrected chi connectivity index (χ2v) is 7.82. The Hall–Kier alpha value is -2.74. The predicted molar refractivity (Wildman–Crippen MR) is 106 cm³/mol. The molecule has 2 aromatic heterocycles. The van der Waals surface area contributed by atoms with E-state index in [2.05, 4.69) is 10.1 Å². The van der Waals surface area contributed by atoms with Crippen molar-refractivity contribution in [3.63, 3.8) is 0 Å². The third-order valence-electron chi connectivity index (χ3n) is 5.14. The SMILES string of the molecule is Cc1cc(C(F)F)n(CC(=O)N2CCCC2c2ncc(Cc3cccc(Cl)c3)o2)n1. The van der Waals surface area contributed by atoms with Crippen LogP contribution in [0.1, 0.15) is 53.9 Å². The fourth-order valence-electron chi connectivity index (χ4n) is 3.82. The summed E-state index contributed by atoms with van der Waals surface area (Å²) in [6.45, 7) is 1.92. The van der Waals surface area contributed by atoms with E-state index in [1.54, 1.807) is 24.1 Å². The highest BCUT2D eigenvalue weighted by Gasteiger charge is 2.34. The maximum Gasteiger partial charge on any atom is 0.280 e. The first-order valence-corrected chi connectivity index (χ1v) is 10.1.